The molecule has 18 heavy (non-hydrogen) atoms. The average Bonchev–Trinajstić information content (AvgIpc) is 2.97. The van der Waals surface area contributed by atoms with Crippen LogP contribution < -0.4 is 5.32 Å². The van der Waals surface area contributed by atoms with E-state index in [2.05, 4.69) is 5.32 Å². The van der Waals surface area contributed by atoms with Gasteiger partial charge in [0, 0.05) is 18.2 Å². The van der Waals surface area contributed by atoms with E-state index in [1.54, 1.807) is 0 Å². The number of thioether (sulfide) groups is 1. The number of carbonyl (C=O) groups excluding carboxylic acids is 1. The standard InChI is InChI=1S/C13H21NO3S/c15-11(14-9-10-4-3-7-18-10)8-13(12(16)17)5-1-2-6-13/h10H,1-9H2,(H,14,15)(H,16,17). The lowest BCUT2D eigenvalue weighted by atomic mass is 9.82. The first-order valence-electron chi connectivity index (χ1n) is 6.74. The minimum atomic E-state index is -0.801. The van der Waals surface area contributed by atoms with Crippen LogP contribution in [0.3, 0.4) is 0 Å². The first-order chi connectivity index (χ1) is 8.62. The second kappa shape index (κ2) is 5.95. The Morgan fingerprint density at radius 2 is 2.00 bits per heavy atom. The molecule has 0 aromatic heterocycles. The second-order valence-corrected chi connectivity index (χ2v) is 6.82. The number of hydrogen-bond donors (Lipinski definition) is 2. The Bertz CT molecular complexity index is 320. The van der Waals surface area contributed by atoms with Crippen molar-refractivity contribution < 1.29 is 14.7 Å². The Balaban J connectivity index is 1.80. The van der Waals surface area contributed by atoms with Gasteiger partial charge in [-0.25, -0.2) is 0 Å². The van der Waals surface area contributed by atoms with E-state index in [0.29, 0.717) is 24.6 Å². The molecular formula is C13H21NO3S. The Morgan fingerprint density at radius 3 is 2.56 bits per heavy atom. The summed E-state index contributed by atoms with van der Waals surface area (Å²) >= 11 is 1.90. The molecule has 0 radical (unpaired) electrons. The zero-order valence-corrected chi connectivity index (χ0v) is 11.4. The first kappa shape index (κ1) is 13.7. The van der Waals surface area contributed by atoms with Crippen LogP contribution in [0, 0.1) is 5.41 Å². The van der Waals surface area contributed by atoms with Gasteiger partial charge in [-0.15, -0.1) is 0 Å². The van der Waals surface area contributed by atoms with Crippen molar-refractivity contribution in [2.24, 2.45) is 5.41 Å². The molecule has 2 fully saturated rings. The lowest BCUT2D eigenvalue weighted by Crippen LogP contribution is -2.37. The molecule has 102 valence electrons. The summed E-state index contributed by atoms with van der Waals surface area (Å²) in [6.07, 6.45) is 5.69. The summed E-state index contributed by atoms with van der Waals surface area (Å²) in [4.78, 5) is 23.2. The predicted molar refractivity (Wildman–Crippen MR) is 71.6 cm³/mol. The molecule has 1 saturated heterocycles. The van der Waals surface area contributed by atoms with Crippen molar-refractivity contribution in [1.29, 1.82) is 0 Å². The van der Waals surface area contributed by atoms with Gasteiger partial charge in [0.05, 0.1) is 5.41 Å². The summed E-state index contributed by atoms with van der Waals surface area (Å²) in [6.45, 7) is 0.694. The molecule has 1 aliphatic heterocycles. The number of nitrogens with one attached hydrogen (secondary N) is 1. The number of rotatable bonds is 5. The smallest absolute Gasteiger partial charge is 0.310 e. The van der Waals surface area contributed by atoms with Gasteiger partial charge in [0.15, 0.2) is 0 Å². The molecule has 1 heterocycles. The van der Waals surface area contributed by atoms with Crippen molar-refractivity contribution >= 4 is 23.6 Å². The van der Waals surface area contributed by atoms with E-state index < -0.39 is 11.4 Å². The molecule has 1 saturated carbocycles. The van der Waals surface area contributed by atoms with Crippen LogP contribution in [0.25, 0.3) is 0 Å². The highest BCUT2D eigenvalue weighted by Crippen LogP contribution is 2.41. The fourth-order valence-electron chi connectivity index (χ4n) is 2.92. The lowest BCUT2D eigenvalue weighted by molar-refractivity contribution is -0.151. The molecule has 1 unspecified atom stereocenters. The van der Waals surface area contributed by atoms with Crippen LogP contribution in [0.5, 0.6) is 0 Å². The summed E-state index contributed by atoms with van der Waals surface area (Å²) < 4.78 is 0. The van der Waals surface area contributed by atoms with Gasteiger partial charge in [0.1, 0.15) is 0 Å². The predicted octanol–water partition coefficient (Wildman–Crippen LogP) is 2.03. The summed E-state index contributed by atoms with van der Waals surface area (Å²) in [7, 11) is 0. The van der Waals surface area contributed by atoms with E-state index in [1.165, 1.54) is 12.2 Å². The molecule has 0 aromatic carbocycles. The van der Waals surface area contributed by atoms with Crippen LogP contribution in [0.15, 0.2) is 0 Å². The molecule has 1 amide bonds. The monoisotopic (exact) mass is 271 g/mol. The minimum absolute atomic E-state index is 0.0909. The maximum Gasteiger partial charge on any atom is 0.310 e. The maximum atomic E-state index is 11.9. The molecule has 4 nitrogen and oxygen atoms in total. The molecule has 0 spiro atoms. The number of amides is 1. The van der Waals surface area contributed by atoms with E-state index in [-0.39, 0.29) is 12.3 Å². The average molecular weight is 271 g/mol. The molecule has 1 aliphatic carbocycles. The van der Waals surface area contributed by atoms with E-state index in [9.17, 15) is 14.7 Å². The molecule has 2 rings (SSSR count). The van der Waals surface area contributed by atoms with E-state index in [0.717, 1.165) is 19.3 Å². The van der Waals surface area contributed by atoms with Crippen LogP contribution in [-0.2, 0) is 9.59 Å². The number of hydrogen-bond acceptors (Lipinski definition) is 3. The van der Waals surface area contributed by atoms with Gasteiger partial charge in [0.2, 0.25) is 5.91 Å². The van der Waals surface area contributed by atoms with Crippen molar-refractivity contribution in [3.05, 3.63) is 0 Å². The van der Waals surface area contributed by atoms with Crippen LogP contribution in [0.4, 0.5) is 0 Å². The van der Waals surface area contributed by atoms with Gasteiger partial charge in [-0.1, -0.05) is 12.8 Å². The van der Waals surface area contributed by atoms with Crippen molar-refractivity contribution in [1.82, 2.24) is 5.32 Å². The van der Waals surface area contributed by atoms with Gasteiger partial charge < -0.3 is 10.4 Å². The quantitative estimate of drug-likeness (QED) is 0.803. The molecule has 5 heteroatoms. The van der Waals surface area contributed by atoms with Gasteiger partial charge in [0.25, 0.3) is 0 Å². The largest absolute Gasteiger partial charge is 0.481 e. The number of carboxylic acids is 1. The van der Waals surface area contributed by atoms with E-state index >= 15 is 0 Å². The topological polar surface area (TPSA) is 66.4 Å². The van der Waals surface area contributed by atoms with Crippen molar-refractivity contribution in [3.8, 4) is 0 Å². The normalized spacial score (nSPS) is 26.1. The summed E-state index contributed by atoms with van der Waals surface area (Å²) in [6, 6.07) is 0. The highest BCUT2D eigenvalue weighted by atomic mass is 32.2. The van der Waals surface area contributed by atoms with Crippen molar-refractivity contribution in [3.63, 3.8) is 0 Å². The lowest BCUT2D eigenvalue weighted by Gasteiger charge is -2.23. The zero-order valence-electron chi connectivity index (χ0n) is 10.6. The fourth-order valence-corrected chi connectivity index (χ4v) is 4.12. The van der Waals surface area contributed by atoms with E-state index in [1.807, 2.05) is 11.8 Å². The third kappa shape index (κ3) is 3.19. The Hall–Kier alpha value is -0.710. The Morgan fingerprint density at radius 1 is 1.28 bits per heavy atom. The zero-order chi connectivity index (χ0) is 13.0. The van der Waals surface area contributed by atoms with Gasteiger partial charge >= 0.3 is 5.97 Å². The maximum absolute atomic E-state index is 11.9. The molecular weight excluding hydrogens is 250 g/mol. The van der Waals surface area contributed by atoms with E-state index in [4.69, 9.17) is 0 Å². The second-order valence-electron chi connectivity index (χ2n) is 5.41. The molecule has 1 atom stereocenters. The van der Waals surface area contributed by atoms with Gasteiger partial charge in [-0.05, 0) is 31.4 Å². The first-order valence-corrected chi connectivity index (χ1v) is 7.79. The number of carbonyl (C=O) groups is 2. The Labute approximate surface area is 112 Å². The van der Waals surface area contributed by atoms with Crippen LogP contribution in [0.1, 0.15) is 44.9 Å². The molecule has 2 N–H and O–H groups in total. The van der Waals surface area contributed by atoms with Crippen LogP contribution in [0.2, 0.25) is 0 Å². The Kier molecular flexibility index (Phi) is 4.54. The third-order valence-corrected chi connectivity index (χ3v) is 5.46. The molecule has 0 bridgehead atoms. The summed E-state index contributed by atoms with van der Waals surface area (Å²) in [5.41, 5.74) is -0.785. The number of aliphatic carboxylic acids is 1. The highest BCUT2D eigenvalue weighted by Gasteiger charge is 2.42. The van der Waals surface area contributed by atoms with Crippen molar-refractivity contribution in [2.75, 3.05) is 12.3 Å². The summed E-state index contributed by atoms with van der Waals surface area (Å²) in [5, 5.41) is 12.7. The molecule has 2 aliphatic rings. The summed E-state index contributed by atoms with van der Waals surface area (Å²) in [5.74, 6) is 0.289. The van der Waals surface area contributed by atoms with Gasteiger partial charge in [-0.2, -0.15) is 11.8 Å². The highest BCUT2D eigenvalue weighted by molar-refractivity contribution is 8.00. The number of carboxylic acid groups (broad SMARTS) is 1. The SMILES string of the molecule is O=C(CC1(C(=O)O)CCCC1)NCC1CCCS1. The third-order valence-electron chi connectivity index (χ3n) is 4.06. The van der Waals surface area contributed by atoms with Gasteiger partial charge in [-0.3, -0.25) is 9.59 Å². The minimum Gasteiger partial charge on any atom is -0.481 e. The van der Waals surface area contributed by atoms with Crippen LogP contribution in [-0.4, -0.2) is 34.5 Å². The van der Waals surface area contributed by atoms with Crippen LogP contribution >= 0.6 is 11.8 Å². The molecule has 0 aromatic rings. The van der Waals surface area contributed by atoms with Crippen molar-refractivity contribution in [2.45, 2.75) is 50.2 Å². The fraction of sp³-hybridized carbons (Fsp3) is 0.846.